The first-order chi connectivity index (χ1) is 14.8. The lowest BCUT2D eigenvalue weighted by atomic mass is 10.1. The van der Waals surface area contributed by atoms with Crippen LogP contribution in [0.5, 0.6) is 0 Å². The molecule has 4 rings (SSSR count). The average Bonchev–Trinajstić information content (AvgIpc) is 3.23. The van der Waals surface area contributed by atoms with Crippen molar-refractivity contribution in [2.75, 3.05) is 5.32 Å². The van der Waals surface area contributed by atoms with Gasteiger partial charge < -0.3 is 9.73 Å². The van der Waals surface area contributed by atoms with Crippen LogP contribution in [0.4, 0.5) is 5.69 Å². The van der Waals surface area contributed by atoms with Crippen molar-refractivity contribution in [2.45, 2.75) is 41.2 Å². The highest BCUT2D eigenvalue weighted by atomic mass is 16.4. The fraction of sp³-hybridized carbons (Fsp3) is 0.240. The third-order valence-corrected chi connectivity index (χ3v) is 5.61. The van der Waals surface area contributed by atoms with Gasteiger partial charge in [0.15, 0.2) is 0 Å². The van der Waals surface area contributed by atoms with Crippen molar-refractivity contribution in [1.29, 1.82) is 0 Å². The quantitative estimate of drug-likeness (QED) is 0.476. The molecule has 2 aromatic heterocycles. The van der Waals surface area contributed by atoms with Crippen LogP contribution in [0.3, 0.4) is 0 Å². The Morgan fingerprint density at radius 3 is 2.42 bits per heavy atom. The minimum atomic E-state index is -0.133. The minimum absolute atomic E-state index is 0.133. The molecule has 0 saturated heterocycles. The van der Waals surface area contributed by atoms with Crippen LogP contribution in [0.25, 0.3) is 11.5 Å². The summed E-state index contributed by atoms with van der Waals surface area (Å²) in [5.74, 6) is 1.20. The molecule has 0 bridgehead atoms. The Morgan fingerprint density at radius 1 is 1.03 bits per heavy atom. The molecule has 1 N–H and O–H groups in total. The summed E-state index contributed by atoms with van der Waals surface area (Å²) < 4.78 is 7.88. The highest BCUT2D eigenvalue weighted by Gasteiger charge is 2.15. The summed E-state index contributed by atoms with van der Waals surface area (Å²) in [6.45, 7) is 10.6. The van der Waals surface area contributed by atoms with E-state index >= 15 is 0 Å². The van der Waals surface area contributed by atoms with Crippen molar-refractivity contribution in [3.8, 4) is 11.5 Å². The molecule has 158 valence electrons. The molecule has 0 fully saturated rings. The van der Waals surface area contributed by atoms with E-state index < -0.39 is 0 Å². The number of hydrogen-bond acceptors (Lipinski definition) is 4. The van der Waals surface area contributed by atoms with E-state index in [1.807, 2.05) is 67.9 Å². The summed E-state index contributed by atoms with van der Waals surface area (Å²) in [7, 11) is 0. The van der Waals surface area contributed by atoms with Crippen LogP contribution in [0.2, 0.25) is 0 Å². The third kappa shape index (κ3) is 4.28. The minimum Gasteiger partial charge on any atom is -0.441 e. The fourth-order valence-electron chi connectivity index (χ4n) is 3.47. The zero-order valence-corrected chi connectivity index (χ0v) is 18.5. The predicted octanol–water partition coefficient (Wildman–Crippen LogP) is 5.38. The summed E-state index contributed by atoms with van der Waals surface area (Å²) >= 11 is 0. The summed E-state index contributed by atoms with van der Waals surface area (Å²) in [6, 6.07) is 15.0. The Hall–Kier alpha value is -3.67. The molecular weight excluding hydrogens is 388 g/mol. The highest BCUT2D eigenvalue weighted by molar-refractivity contribution is 6.04. The smallest absolute Gasteiger partial charge is 0.255 e. The number of nitrogens with one attached hydrogen (secondary N) is 1. The van der Waals surface area contributed by atoms with Gasteiger partial charge in [-0.15, -0.1) is 0 Å². The van der Waals surface area contributed by atoms with Crippen LogP contribution in [-0.2, 0) is 6.54 Å². The molecular formula is C25H26N4O2. The van der Waals surface area contributed by atoms with Gasteiger partial charge in [-0.3, -0.25) is 9.48 Å². The van der Waals surface area contributed by atoms with Gasteiger partial charge in [-0.1, -0.05) is 17.7 Å². The first-order valence-corrected chi connectivity index (χ1v) is 10.3. The number of benzene rings is 2. The van der Waals surface area contributed by atoms with E-state index in [0.717, 1.165) is 39.7 Å². The number of oxazole rings is 1. The first-order valence-electron chi connectivity index (χ1n) is 10.3. The second kappa shape index (κ2) is 8.22. The van der Waals surface area contributed by atoms with Crippen molar-refractivity contribution < 1.29 is 9.21 Å². The van der Waals surface area contributed by atoms with E-state index in [1.165, 1.54) is 5.56 Å². The van der Waals surface area contributed by atoms with Gasteiger partial charge in [0.05, 0.1) is 12.2 Å². The van der Waals surface area contributed by atoms with Crippen molar-refractivity contribution in [1.82, 2.24) is 14.8 Å². The van der Waals surface area contributed by atoms with E-state index in [9.17, 15) is 4.79 Å². The molecule has 0 aliphatic carbocycles. The summed E-state index contributed by atoms with van der Waals surface area (Å²) in [4.78, 5) is 17.1. The number of aryl methyl sites for hydroxylation is 3. The molecule has 4 aromatic rings. The molecule has 6 nitrogen and oxygen atoms in total. The van der Waals surface area contributed by atoms with Crippen LogP contribution < -0.4 is 5.32 Å². The Balaban J connectivity index is 1.50. The predicted molar refractivity (Wildman–Crippen MR) is 121 cm³/mol. The van der Waals surface area contributed by atoms with E-state index in [4.69, 9.17) is 4.42 Å². The molecule has 0 atom stereocenters. The second-order valence-electron chi connectivity index (χ2n) is 7.88. The number of anilines is 1. The van der Waals surface area contributed by atoms with E-state index in [1.54, 1.807) is 6.07 Å². The topological polar surface area (TPSA) is 73.0 Å². The maximum absolute atomic E-state index is 12.4. The molecule has 0 aliphatic rings. The third-order valence-electron chi connectivity index (χ3n) is 5.61. The van der Waals surface area contributed by atoms with E-state index in [-0.39, 0.29) is 5.91 Å². The molecule has 2 aromatic carbocycles. The van der Waals surface area contributed by atoms with Crippen molar-refractivity contribution in [3.63, 3.8) is 0 Å². The Labute approximate surface area is 181 Å². The molecule has 0 radical (unpaired) electrons. The van der Waals surface area contributed by atoms with Crippen LogP contribution in [0.15, 0.2) is 52.9 Å². The van der Waals surface area contributed by atoms with Gasteiger partial charge in [0.25, 0.3) is 5.91 Å². The monoisotopic (exact) mass is 414 g/mol. The number of carbonyl (C=O) groups excluding carboxylic acids is 1. The molecule has 0 spiro atoms. The number of amides is 1. The standard InChI is InChI=1S/C25H26N4O2/c1-15-7-6-8-21(13-15)24(30)26-22-11-9-20(10-12-22)25-27-23(19(5)31-25)14-29-18(4)16(2)17(3)28-29/h6-13H,14H2,1-5H3,(H,26,30). The molecule has 1 amide bonds. The Kier molecular flexibility index (Phi) is 5.46. The maximum atomic E-state index is 12.4. The Bertz CT molecular complexity index is 1250. The number of aromatic nitrogens is 3. The van der Waals surface area contributed by atoms with Crippen molar-refractivity contribution >= 4 is 11.6 Å². The SMILES string of the molecule is Cc1cccc(C(=O)Nc2ccc(-c3nc(Cn4nc(C)c(C)c4C)c(C)o3)cc2)c1. The molecule has 6 heteroatoms. The van der Waals surface area contributed by atoms with Gasteiger partial charge in [-0.25, -0.2) is 4.98 Å². The summed E-state index contributed by atoms with van der Waals surface area (Å²) in [5.41, 5.74) is 7.48. The van der Waals surface area contributed by atoms with Gasteiger partial charge in [-0.05, 0) is 76.6 Å². The van der Waals surface area contributed by atoms with Crippen LogP contribution in [0, 0.1) is 34.6 Å². The largest absolute Gasteiger partial charge is 0.441 e. The first kappa shape index (κ1) is 20.6. The molecule has 0 aliphatic heterocycles. The normalized spacial score (nSPS) is 11.0. The molecule has 0 unspecified atom stereocenters. The highest BCUT2D eigenvalue weighted by Crippen LogP contribution is 2.25. The van der Waals surface area contributed by atoms with Crippen LogP contribution >= 0.6 is 0 Å². The van der Waals surface area contributed by atoms with E-state index in [0.29, 0.717) is 18.0 Å². The summed E-state index contributed by atoms with van der Waals surface area (Å²) in [6.07, 6.45) is 0. The lowest BCUT2D eigenvalue weighted by Gasteiger charge is -2.06. The number of hydrogen-bond donors (Lipinski definition) is 1. The number of rotatable bonds is 5. The molecule has 0 saturated carbocycles. The van der Waals surface area contributed by atoms with Gasteiger partial charge in [0, 0.05) is 22.5 Å². The molecule has 2 heterocycles. The van der Waals surface area contributed by atoms with Crippen molar-refractivity contribution in [3.05, 3.63) is 88.1 Å². The van der Waals surface area contributed by atoms with Gasteiger partial charge in [0.2, 0.25) is 5.89 Å². The zero-order valence-electron chi connectivity index (χ0n) is 18.5. The van der Waals surface area contributed by atoms with Gasteiger partial charge in [-0.2, -0.15) is 5.10 Å². The molecule has 31 heavy (non-hydrogen) atoms. The van der Waals surface area contributed by atoms with Gasteiger partial charge >= 0.3 is 0 Å². The average molecular weight is 415 g/mol. The number of carbonyl (C=O) groups is 1. The zero-order chi connectivity index (χ0) is 22.1. The van der Waals surface area contributed by atoms with Crippen molar-refractivity contribution in [2.24, 2.45) is 0 Å². The van der Waals surface area contributed by atoms with Crippen LogP contribution in [0.1, 0.15) is 44.3 Å². The Morgan fingerprint density at radius 2 is 1.77 bits per heavy atom. The van der Waals surface area contributed by atoms with Gasteiger partial charge in [0.1, 0.15) is 11.5 Å². The summed E-state index contributed by atoms with van der Waals surface area (Å²) in [5, 5.41) is 7.52. The van der Waals surface area contributed by atoms with Crippen LogP contribution in [-0.4, -0.2) is 20.7 Å². The fourth-order valence-corrected chi connectivity index (χ4v) is 3.47. The second-order valence-corrected chi connectivity index (χ2v) is 7.88. The lowest BCUT2D eigenvalue weighted by Crippen LogP contribution is -2.11. The maximum Gasteiger partial charge on any atom is 0.255 e. The lowest BCUT2D eigenvalue weighted by molar-refractivity contribution is 0.102. The van der Waals surface area contributed by atoms with E-state index in [2.05, 4.69) is 29.2 Å². The number of nitrogens with zero attached hydrogens (tertiary/aromatic N) is 3.